The quantitative estimate of drug-likeness (QED) is 0.682. The number of hydrogen-bond acceptors (Lipinski definition) is 5. The molecule has 3 atom stereocenters. The van der Waals surface area contributed by atoms with E-state index in [1.165, 1.54) is 0 Å². The number of carbonyl (C=O) groups is 1. The summed E-state index contributed by atoms with van der Waals surface area (Å²) >= 11 is 0. The molecule has 1 aromatic heterocycles. The van der Waals surface area contributed by atoms with Crippen LogP contribution in [0.5, 0.6) is 0 Å². The lowest BCUT2D eigenvalue weighted by Crippen LogP contribution is -2.43. The number of Topliss-reactive ketones (excluding diaryl/α,β-unsaturated/α-hetero) is 1. The molecule has 0 amide bonds. The Kier molecular flexibility index (Phi) is 1.71. The molecule has 2 saturated heterocycles. The van der Waals surface area contributed by atoms with Gasteiger partial charge in [0.2, 0.25) is 11.5 Å². The van der Waals surface area contributed by atoms with Gasteiger partial charge in [0, 0.05) is 5.92 Å². The lowest BCUT2D eigenvalue weighted by molar-refractivity contribution is -0.278. The number of nitrogens with zero attached hydrogens (tertiary/aromatic N) is 1. The van der Waals surface area contributed by atoms with Crippen LogP contribution in [0.2, 0.25) is 0 Å². The van der Waals surface area contributed by atoms with E-state index in [1.54, 1.807) is 6.92 Å². The van der Waals surface area contributed by atoms with E-state index in [2.05, 4.69) is 5.16 Å². The summed E-state index contributed by atoms with van der Waals surface area (Å²) in [6, 6.07) is 0. The van der Waals surface area contributed by atoms with E-state index in [-0.39, 0.29) is 17.8 Å². The third-order valence-corrected chi connectivity index (χ3v) is 4.08. The second kappa shape index (κ2) is 2.97. The fourth-order valence-electron chi connectivity index (χ4n) is 3.31. The zero-order valence-corrected chi connectivity index (χ0v) is 9.56. The Balaban J connectivity index is 1.96. The van der Waals surface area contributed by atoms with Crippen LogP contribution >= 0.6 is 0 Å². The van der Waals surface area contributed by atoms with Crippen molar-refractivity contribution in [1.82, 2.24) is 5.16 Å². The predicted octanol–water partition coefficient (Wildman–Crippen LogP) is 1.55. The third kappa shape index (κ3) is 1.02. The Morgan fingerprint density at radius 3 is 3.24 bits per heavy atom. The van der Waals surface area contributed by atoms with Gasteiger partial charge in [-0.3, -0.25) is 4.79 Å². The fourth-order valence-corrected chi connectivity index (χ4v) is 3.31. The maximum Gasteiger partial charge on any atom is 0.235 e. The van der Waals surface area contributed by atoms with Crippen LogP contribution in [0, 0.1) is 12.8 Å². The molecule has 0 saturated carbocycles. The second-order valence-electron chi connectivity index (χ2n) is 5.03. The Morgan fingerprint density at radius 1 is 1.47 bits per heavy atom. The van der Waals surface area contributed by atoms with Gasteiger partial charge in [0.15, 0.2) is 5.78 Å². The largest absolute Gasteiger partial charge is 0.354 e. The van der Waals surface area contributed by atoms with Crippen molar-refractivity contribution in [1.29, 1.82) is 0 Å². The summed E-state index contributed by atoms with van der Waals surface area (Å²) in [7, 11) is 0. The predicted molar refractivity (Wildman–Crippen MR) is 55.4 cm³/mol. The van der Waals surface area contributed by atoms with Gasteiger partial charge in [0.05, 0.1) is 17.9 Å². The SMILES string of the molecule is Cc1noc2c1C(=O)[C@@H]1C[C@H]3CCCO[C@]23O1. The van der Waals surface area contributed by atoms with Crippen molar-refractivity contribution in [3.63, 3.8) is 0 Å². The molecule has 4 rings (SSSR count). The summed E-state index contributed by atoms with van der Waals surface area (Å²) in [6.07, 6.45) is 2.40. The van der Waals surface area contributed by atoms with E-state index in [9.17, 15) is 4.79 Å². The van der Waals surface area contributed by atoms with E-state index in [0.717, 1.165) is 19.3 Å². The second-order valence-corrected chi connectivity index (χ2v) is 5.03. The molecule has 1 aromatic rings. The molecule has 5 heteroatoms. The van der Waals surface area contributed by atoms with Gasteiger partial charge >= 0.3 is 0 Å². The van der Waals surface area contributed by atoms with Gasteiger partial charge in [-0.2, -0.15) is 0 Å². The van der Waals surface area contributed by atoms with E-state index < -0.39 is 5.79 Å². The molecule has 0 radical (unpaired) electrons. The van der Waals surface area contributed by atoms with Gasteiger partial charge in [-0.05, 0) is 26.2 Å². The lowest BCUT2D eigenvalue weighted by atomic mass is 9.89. The summed E-state index contributed by atoms with van der Waals surface area (Å²) in [5.41, 5.74) is 1.23. The molecule has 2 bridgehead atoms. The zero-order valence-electron chi connectivity index (χ0n) is 9.56. The van der Waals surface area contributed by atoms with Crippen LogP contribution in [-0.2, 0) is 15.3 Å². The average Bonchev–Trinajstić information content (AvgIpc) is 2.87. The number of fused-ring (bicyclic) bond motifs is 2. The molecule has 17 heavy (non-hydrogen) atoms. The van der Waals surface area contributed by atoms with Crippen molar-refractivity contribution in [2.75, 3.05) is 6.61 Å². The summed E-state index contributed by atoms with van der Waals surface area (Å²) in [5.74, 6) is -0.104. The third-order valence-electron chi connectivity index (χ3n) is 4.08. The molecule has 3 aliphatic rings. The maximum absolute atomic E-state index is 12.2. The number of aryl methyl sites for hydroxylation is 1. The fraction of sp³-hybridized carbons (Fsp3) is 0.667. The molecule has 2 fully saturated rings. The first-order chi connectivity index (χ1) is 8.22. The monoisotopic (exact) mass is 235 g/mol. The first-order valence-electron chi connectivity index (χ1n) is 6.05. The number of carbonyl (C=O) groups excluding carboxylic acids is 1. The minimum atomic E-state index is -0.826. The topological polar surface area (TPSA) is 61.6 Å². The van der Waals surface area contributed by atoms with Gasteiger partial charge in [0.25, 0.3) is 0 Å². The normalized spacial score (nSPS) is 39.0. The highest BCUT2D eigenvalue weighted by molar-refractivity contribution is 6.02. The minimum Gasteiger partial charge on any atom is -0.354 e. The number of hydrogen-bond donors (Lipinski definition) is 0. The van der Waals surface area contributed by atoms with E-state index in [0.29, 0.717) is 23.6 Å². The van der Waals surface area contributed by atoms with Gasteiger partial charge < -0.3 is 14.0 Å². The van der Waals surface area contributed by atoms with Gasteiger partial charge in [-0.1, -0.05) is 5.16 Å². The van der Waals surface area contributed by atoms with Crippen LogP contribution in [0.1, 0.15) is 41.1 Å². The van der Waals surface area contributed by atoms with E-state index >= 15 is 0 Å². The average molecular weight is 235 g/mol. The van der Waals surface area contributed by atoms with Crippen molar-refractivity contribution in [3.05, 3.63) is 17.0 Å². The highest BCUT2D eigenvalue weighted by atomic mass is 16.7. The number of aromatic nitrogens is 1. The van der Waals surface area contributed by atoms with Crippen molar-refractivity contribution >= 4 is 5.78 Å². The van der Waals surface area contributed by atoms with Crippen LogP contribution in [0.3, 0.4) is 0 Å². The van der Waals surface area contributed by atoms with Crippen LogP contribution < -0.4 is 0 Å². The zero-order chi connectivity index (χ0) is 11.6. The standard InChI is InChI=1S/C12H13NO4/c1-6-9-10(14)8-5-7-3-2-4-15-12(7,16-8)11(9)17-13-6/h7-8H,2-5H2,1H3/t7-,8+,12-/m1/s1. The molecule has 1 spiro atoms. The number of ether oxygens (including phenoxy) is 2. The molecule has 0 N–H and O–H groups in total. The smallest absolute Gasteiger partial charge is 0.235 e. The van der Waals surface area contributed by atoms with Crippen LogP contribution in [0.4, 0.5) is 0 Å². The van der Waals surface area contributed by atoms with Gasteiger partial charge in [0.1, 0.15) is 6.10 Å². The summed E-state index contributed by atoms with van der Waals surface area (Å²) in [6.45, 7) is 2.44. The van der Waals surface area contributed by atoms with Crippen LogP contribution in [0.25, 0.3) is 0 Å². The molecule has 0 aromatic carbocycles. The van der Waals surface area contributed by atoms with Crippen LogP contribution in [0.15, 0.2) is 4.52 Å². The van der Waals surface area contributed by atoms with Gasteiger partial charge in [-0.25, -0.2) is 0 Å². The maximum atomic E-state index is 12.2. The van der Waals surface area contributed by atoms with E-state index in [4.69, 9.17) is 14.0 Å². The highest BCUT2D eigenvalue weighted by Crippen LogP contribution is 2.54. The summed E-state index contributed by atoms with van der Waals surface area (Å²) in [4.78, 5) is 12.2. The number of rotatable bonds is 0. The lowest BCUT2D eigenvalue weighted by Gasteiger charge is -2.37. The number of ketones is 1. The molecule has 0 aliphatic carbocycles. The summed E-state index contributed by atoms with van der Waals surface area (Å²) in [5, 5.41) is 3.90. The molecule has 5 nitrogen and oxygen atoms in total. The van der Waals surface area contributed by atoms with Crippen molar-refractivity contribution in [3.8, 4) is 0 Å². The molecule has 0 unspecified atom stereocenters. The molecular formula is C12H13NO4. The molecule has 4 heterocycles. The molecule has 3 aliphatic heterocycles. The Labute approximate surface area is 98.1 Å². The van der Waals surface area contributed by atoms with Crippen molar-refractivity contribution < 1.29 is 18.8 Å². The summed E-state index contributed by atoms with van der Waals surface area (Å²) < 4.78 is 17.0. The molecule has 90 valence electrons. The first kappa shape index (κ1) is 9.79. The Morgan fingerprint density at radius 2 is 2.35 bits per heavy atom. The first-order valence-corrected chi connectivity index (χ1v) is 6.05. The molecular weight excluding hydrogens is 222 g/mol. The Bertz CT molecular complexity index is 509. The Hall–Kier alpha value is -1.20. The van der Waals surface area contributed by atoms with Gasteiger partial charge in [-0.15, -0.1) is 0 Å². The van der Waals surface area contributed by atoms with Crippen molar-refractivity contribution in [2.24, 2.45) is 5.92 Å². The van der Waals surface area contributed by atoms with Crippen LogP contribution in [-0.4, -0.2) is 23.7 Å². The van der Waals surface area contributed by atoms with Crippen molar-refractivity contribution in [2.45, 2.75) is 38.1 Å². The van der Waals surface area contributed by atoms with E-state index in [1.807, 2.05) is 0 Å². The minimum absolute atomic E-state index is 0.00220. The highest BCUT2D eigenvalue weighted by Gasteiger charge is 2.62.